The number of likely N-dealkylation sites (N-methyl/N-ethyl adjacent to an activating group) is 1. The lowest BCUT2D eigenvalue weighted by atomic mass is 10.1. The predicted molar refractivity (Wildman–Crippen MR) is 91.0 cm³/mol. The summed E-state index contributed by atoms with van der Waals surface area (Å²) in [6.07, 6.45) is 2.94. The molecule has 0 spiro atoms. The van der Waals surface area contributed by atoms with Crippen molar-refractivity contribution in [1.82, 2.24) is 14.6 Å². The molecule has 0 atom stereocenters. The van der Waals surface area contributed by atoms with E-state index in [4.69, 9.17) is 15.3 Å². The van der Waals surface area contributed by atoms with E-state index in [1.165, 1.54) is 12.6 Å². The summed E-state index contributed by atoms with van der Waals surface area (Å²) in [6, 6.07) is 5.75. The van der Waals surface area contributed by atoms with Gasteiger partial charge in [0.15, 0.2) is 0 Å². The van der Waals surface area contributed by atoms with Gasteiger partial charge in [0.2, 0.25) is 10.0 Å². The van der Waals surface area contributed by atoms with Crippen molar-refractivity contribution in [2.45, 2.75) is 12.2 Å². The van der Waals surface area contributed by atoms with E-state index in [2.05, 4.69) is 14.6 Å². The molecule has 0 aliphatic heterocycles. The van der Waals surface area contributed by atoms with Crippen molar-refractivity contribution >= 4 is 20.9 Å². The molecule has 24 heavy (non-hydrogen) atoms. The van der Waals surface area contributed by atoms with Crippen LogP contribution in [0.15, 0.2) is 24.4 Å². The van der Waals surface area contributed by atoms with Crippen LogP contribution in [0.2, 0.25) is 0 Å². The normalized spacial score (nSPS) is 11.3. The van der Waals surface area contributed by atoms with Crippen molar-refractivity contribution in [3.8, 4) is 0 Å². The third kappa shape index (κ3) is 6.52. The molecule has 10 heteroatoms. The lowest BCUT2D eigenvalue weighted by molar-refractivity contribution is -0.742. The van der Waals surface area contributed by atoms with Gasteiger partial charge in [-0.05, 0) is 50.8 Å². The lowest BCUT2D eigenvalue weighted by Gasteiger charge is -2.08. The van der Waals surface area contributed by atoms with Crippen molar-refractivity contribution < 1.29 is 18.7 Å². The zero-order valence-electron chi connectivity index (χ0n) is 13.8. The predicted octanol–water partition coefficient (Wildman–Crippen LogP) is 0.973. The number of hydrogen-bond donors (Lipinski definition) is 3. The van der Waals surface area contributed by atoms with E-state index >= 15 is 0 Å². The first-order valence-corrected chi connectivity index (χ1v) is 8.78. The number of nitrogens with one attached hydrogen (secondary N) is 2. The molecule has 3 N–H and O–H groups in total. The third-order valence-corrected chi connectivity index (χ3v) is 4.66. The van der Waals surface area contributed by atoms with E-state index in [1.54, 1.807) is 0 Å². The van der Waals surface area contributed by atoms with Gasteiger partial charge in [-0.1, -0.05) is 6.07 Å². The molecule has 1 aromatic carbocycles. The number of fused-ring (bicyclic) bond motifs is 1. The maximum Gasteiger partial charge on any atom is 0.291 e. The highest BCUT2D eigenvalue weighted by Crippen LogP contribution is 2.21. The minimum absolute atomic E-state index is 0.0116. The van der Waals surface area contributed by atoms with Crippen LogP contribution in [-0.2, 0) is 22.2 Å². The summed E-state index contributed by atoms with van der Waals surface area (Å²) in [5.74, 6) is 0.0116. The van der Waals surface area contributed by atoms with Crippen LogP contribution in [0.5, 0.6) is 0 Å². The summed E-state index contributed by atoms with van der Waals surface area (Å²) in [5, 5.41) is 14.7. The Morgan fingerprint density at radius 1 is 1.38 bits per heavy atom. The molecule has 1 aromatic heterocycles. The number of H-pyrrole nitrogens is 1. The summed E-state index contributed by atoms with van der Waals surface area (Å²) >= 11 is 0. The van der Waals surface area contributed by atoms with E-state index in [1.807, 2.05) is 38.5 Å². The Morgan fingerprint density at radius 2 is 2.00 bits per heavy atom. The average molecular weight is 358 g/mol. The summed E-state index contributed by atoms with van der Waals surface area (Å²) in [7, 11) is 2.29. The second kappa shape index (κ2) is 8.62. The van der Waals surface area contributed by atoms with Crippen LogP contribution in [0.3, 0.4) is 0 Å². The molecule has 0 radical (unpaired) electrons. The highest BCUT2D eigenvalue weighted by atomic mass is 32.2. The first kappa shape index (κ1) is 19.9. The Morgan fingerprint density at radius 3 is 2.54 bits per heavy atom. The highest BCUT2D eigenvalue weighted by molar-refractivity contribution is 7.88. The van der Waals surface area contributed by atoms with Gasteiger partial charge in [0.1, 0.15) is 0 Å². The summed E-state index contributed by atoms with van der Waals surface area (Å²) < 4.78 is 25.6. The zero-order chi connectivity index (χ0) is 18.3. The smallest absolute Gasteiger partial charge is 0.291 e. The molecule has 2 aromatic rings. The number of nitrogens with zero attached hydrogens (tertiary/aromatic N) is 2. The van der Waals surface area contributed by atoms with Gasteiger partial charge in [-0.3, -0.25) is 0 Å². The second-order valence-corrected chi connectivity index (χ2v) is 7.37. The molecular formula is C14H22N4O5S. The first-order chi connectivity index (χ1) is 11.1. The number of hydrogen-bond acceptors (Lipinski definition) is 5. The average Bonchev–Trinajstić information content (AvgIpc) is 2.86. The van der Waals surface area contributed by atoms with E-state index in [0.29, 0.717) is 0 Å². The minimum Gasteiger partial charge on any atom is -0.361 e. The van der Waals surface area contributed by atoms with Crippen LogP contribution < -0.4 is 4.72 Å². The second-order valence-electron chi connectivity index (χ2n) is 5.45. The van der Waals surface area contributed by atoms with Gasteiger partial charge in [-0.25, -0.2) is 13.1 Å². The Bertz CT molecular complexity index is 782. The topological polar surface area (TPSA) is 129 Å². The van der Waals surface area contributed by atoms with Crippen molar-refractivity contribution in [3.63, 3.8) is 0 Å². The summed E-state index contributed by atoms with van der Waals surface area (Å²) in [6.45, 7) is 0.964. The standard InChI is InChI=1S/C14H21N3O2S.HNO3/c1-15-20(18,19)10-11-4-5-14-13(8-11)12(9-16-14)6-7-17(2)3;2-1(3)4/h4-5,8-9,15-16H,6-7,10H2,1-3H3;(H,2,3,4). The maximum atomic E-state index is 11.6. The molecule has 0 amide bonds. The van der Waals surface area contributed by atoms with Crippen molar-refractivity contribution in [2.24, 2.45) is 0 Å². The van der Waals surface area contributed by atoms with Gasteiger partial charge in [0.05, 0.1) is 5.75 Å². The number of benzene rings is 1. The van der Waals surface area contributed by atoms with Crippen molar-refractivity contribution in [1.29, 1.82) is 0 Å². The summed E-state index contributed by atoms with van der Waals surface area (Å²) in [4.78, 5) is 13.7. The summed E-state index contributed by atoms with van der Waals surface area (Å²) in [5.41, 5.74) is 3.07. The third-order valence-electron chi connectivity index (χ3n) is 3.33. The lowest BCUT2D eigenvalue weighted by Crippen LogP contribution is -2.20. The Balaban J connectivity index is 0.000000648. The Labute approximate surface area is 140 Å². The van der Waals surface area contributed by atoms with Crippen LogP contribution in [0.1, 0.15) is 11.1 Å². The van der Waals surface area contributed by atoms with E-state index < -0.39 is 15.1 Å². The van der Waals surface area contributed by atoms with Crippen molar-refractivity contribution in [2.75, 3.05) is 27.7 Å². The Hall–Kier alpha value is -2.17. The Kier molecular flexibility index (Phi) is 7.14. The van der Waals surface area contributed by atoms with Gasteiger partial charge in [0.25, 0.3) is 5.09 Å². The molecule has 1 heterocycles. The van der Waals surface area contributed by atoms with Crippen LogP contribution in [-0.4, -0.2) is 56.3 Å². The number of sulfonamides is 1. The van der Waals surface area contributed by atoms with Gasteiger partial charge < -0.3 is 15.1 Å². The molecule has 0 aliphatic carbocycles. The molecule has 0 saturated heterocycles. The zero-order valence-corrected chi connectivity index (χ0v) is 14.6. The first-order valence-electron chi connectivity index (χ1n) is 7.12. The number of aromatic amines is 1. The largest absolute Gasteiger partial charge is 0.361 e. The maximum absolute atomic E-state index is 11.6. The van der Waals surface area contributed by atoms with Crippen LogP contribution in [0.25, 0.3) is 10.9 Å². The van der Waals surface area contributed by atoms with Crippen LogP contribution in [0.4, 0.5) is 0 Å². The van der Waals surface area contributed by atoms with Gasteiger partial charge in [-0.15, -0.1) is 10.1 Å². The monoisotopic (exact) mass is 358 g/mol. The SMILES string of the molecule is CNS(=O)(=O)Cc1ccc2[nH]cc(CCN(C)C)c2c1.O=[N+]([O-])O. The quantitative estimate of drug-likeness (QED) is 0.521. The van der Waals surface area contributed by atoms with E-state index in [0.717, 1.165) is 29.4 Å². The van der Waals surface area contributed by atoms with Gasteiger partial charge >= 0.3 is 0 Å². The van der Waals surface area contributed by atoms with E-state index in [-0.39, 0.29) is 5.75 Å². The molecule has 0 unspecified atom stereocenters. The van der Waals surface area contributed by atoms with Crippen LogP contribution in [0, 0.1) is 10.1 Å². The minimum atomic E-state index is -3.23. The van der Waals surface area contributed by atoms with E-state index in [9.17, 15) is 8.42 Å². The number of rotatable bonds is 6. The van der Waals surface area contributed by atoms with Gasteiger partial charge in [0, 0.05) is 23.6 Å². The molecule has 134 valence electrons. The van der Waals surface area contributed by atoms with Crippen LogP contribution >= 0.6 is 0 Å². The fourth-order valence-corrected chi connectivity index (χ4v) is 2.92. The highest BCUT2D eigenvalue weighted by Gasteiger charge is 2.11. The molecular weight excluding hydrogens is 336 g/mol. The molecule has 0 saturated carbocycles. The van der Waals surface area contributed by atoms with Gasteiger partial charge in [-0.2, -0.15) is 0 Å². The molecule has 0 bridgehead atoms. The number of aromatic nitrogens is 1. The molecule has 2 rings (SSSR count). The van der Waals surface area contributed by atoms with Crippen molar-refractivity contribution in [3.05, 3.63) is 45.6 Å². The molecule has 0 fully saturated rings. The molecule has 9 nitrogen and oxygen atoms in total. The fraction of sp³-hybridized carbons (Fsp3) is 0.429. The fourth-order valence-electron chi connectivity index (χ4n) is 2.16. The molecule has 0 aliphatic rings.